The monoisotopic (exact) mass is 500 g/mol. The van der Waals surface area contributed by atoms with Crippen molar-refractivity contribution in [3.63, 3.8) is 0 Å². The quantitative estimate of drug-likeness (QED) is 0.455. The number of halogens is 1. The van der Waals surface area contributed by atoms with Crippen LogP contribution in [0.5, 0.6) is 0 Å². The Balaban J connectivity index is 1.39. The highest BCUT2D eigenvalue weighted by Crippen LogP contribution is 2.36. The van der Waals surface area contributed by atoms with Gasteiger partial charge in [0.05, 0.1) is 22.3 Å². The van der Waals surface area contributed by atoms with E-state index in [1.165, 1.54) is 24.4 Å². The summed E-state index contributed by atoms with van der Waals surface area (Å²) in [4.78, 5) is 17.2. The first-order valence-corrected chi connectivity index (χ1v) is 12.2. The molecular weight excluding hydrogens is 470 g/mol. The normalized spacial score (nSPS) is 15.7. The molecule has 1 amide bonds. The number of aromatic nitrogens is 1. The van der Waals surface area contributed by atoms with Gasteiger partial charge in [-0.3, -0.25) is 4.79 Å². The number of carbonyl (C=O) groups excluding carboxylic acids is 1. The van der Waals surface area contributed by atoms with E-state index in [2.05, 4.69) is 15.6 Å². The first-order valence-electron chi connectivity index (χ1n) is 12.2. The number of carbonyl (C=O) groups is 1. The molecule has 0 radical (unpaired) electrons. The third-order valence-electron chi connectivity index (χ3n) is 6.84. The summed E-state index contributed by atoms with van der Waals surface area (Å²) in [5, 5.41) is 15.3. The smallest absolute Gasteiger partial charge is 0.399 e. The van der Waals surface area contributed by atoms with Crippen LogP contribution < -0.4 is 16.1 Å². The minimum Gasteiger partial charge on any atom is -0.399 e. The molecule has 2 heterocycles. The second-order valence-electron chi connectivity index (χ2n) is 10.0. The van der Waals surface area contributed by atoms with E-state index in [9.17, 15) is 14.4 Å². The zero-order valence-electron chi connectivity index (χ0n) is 21.5. The van der Waals surface area contributed by atoms with Crippen LogP contribution in [0.1, 0.15) is 54.7 Å². The van der Waals surface area contributed by atoms with E-state index < -0.39 is 18.3 Å². The summed E-state index contributed by atoms with van der Waals surface area (Å²) in [6, 6.07) is 17.6. The molecule has 190 valence electrons. The fourth-order valence-corrected chi connectivity index (χ4v) is 3.86. The maximum Gasteiger partial charge on any atom is 0.494 e. The van der Waals surface area contributed by atoms with E-state index in [1.807, 2.05) is 58.0 Å². The van der Waals surface area contributed by atoms with Gasteiger partial charge in [-0.1, -0.05) is 36.4 Å². The van der Waals surface area contributed by atoms with Gasteiger partial charge in [0.15, 0.2) is 0 Å². The van der Waals surface area contributed by atoms with Crippen molar-refractivity contribution in [2.24, 2.45) is 0 Å². The number of rotatable bonds is 8. The van der Waals surface area contributed by atoms with E-state index in [0.29, 0.717) is 30.9 Å². The van der Waals surface area contributed by atoms with Crippen molar-refractivity contribution in [3.05, 3.63) is 88.9 Å². The Kier molecular flexibility index (Phi) is 7.62. The van der Waals surface area contributed by atoms with Gasteiger partial charge in [-0.15, -0.1) is 0 Å². The van der Waals surface area contributed by atoms with Crippen LogP contribution in [-0.4, -0.2) is 35.8 Å². The summed E-state index contributed by atoms with van der Waals surface area (Å²) >= 11 is 0. The van der Waals surface area contributed by atoms with Crippen LogP contribution in [0.25, 0.3) is 0 Å². The van der Waals surface area contributed by atoms with E-state index in [-0.39, 0.29) is 17.3 Å². The van der Waals surface area contributed by atoms with Gasteiger partial charge in [0.25, 0.3) is 5.91 Å². The molecule has 9 heteroatoms. The molecular formula is C28H30BFN4O3. The number of pyridine rings is 1. The Hall–Kier alpha value is -3.74. The zero-order valence-corrected chi connectivity index (χ0v) is 21.5. The number of nitrogens with one attached hydrogen (secondary N) is 2. The lowest BCUT2D eigenvalue weighted by atomic mass is 9.79. The molecule has 0 saturated carbocycles. The lowest BCUT2D eigenvalue weighted by Crippen LogP contribution is -2.41. The highest BCUT2D eigenvalue weighted by Gasteiger charge is 2.51. The molecule has 0 unspecified atom stereocenters. The number of hydrogen-bond donors (Lipinski definition) is 2. The molecule has 3 aromatic rings. The second-order valence-corrected chi connectivity index (χ2v) is 10.0. The predicted octanol–water partition coefficient (Wildman–Crippen LogP) is 3.98. The SMILES string of the molecule is CC1(C)OB(c2ccc(CNc3ncc(C#N)cc3C(=O)NCCc3ccc(F)cc3)cc2)OC1(C)C. The van der Waals surface area contributed by atoms with Crippen LogP contribution in [0.4, 0.5) is 10.2 Å². The molecule has 0 atom stereocenters. The minimum absolute atomic E-state index is 0.284. The van der Waals surface area contributed by atoms with Crippen molar-refractivity contribution in [3.8, 4) is 6.07 Å². The number of amides is 1. The Morgan fingerprint density at radius 2 is 1.65 bits per heavy atom. The van der Waals surface area contributed by atoms with Crippen molar-refractivity contribution in [2.45, 2.75) is 51.9 Å². The van der Waals surface area contributed by atoms with Crippen molar-refractivity contribution in [1.82, 2.24) is 10.3 Å². The average Bonchev–Trinajstić information content (AvgIpc) is 3.10. The van der Waals surface area contributed by atoms with Gasteiger partial charge in [0.2, 0.25) is 0 Å². The lowest BCUT2D eigenvalue weighted by molar-refractivity contribution is 0.00578. The molecule has 1 saturated heterocycles. The summed E-state index contributed by atoms with van der Waals surface area (Å²) < 4.78 is 25.3. The molecule has 7 nitrogen and oxygen atoms in total. The van der Waals surface area contributed by atoms with Gasteiger partial charge < -0.3 is 19.9 Å². The third-order valence-corrected chi connectivity index (χ3v) is 6.84. The molecule has 37 heavy (non-hydrogen) atoms. The maximum atomic E-state index is 13.1. The Bertz CT molecular complexity index is 1290. The van der Waals surface area contributed by atoms with Crippen LogP contribution in [-0.2, 0) is 22.3 Å². The lowest BCUT2D eigenvalue weighted by Gasteiger charge is -2.32. The summed E-state index contributed by atoms with van der Waals surface area (Å²) in [6.07, 6.45) is 1.98. The number of nitrogens with zero attached hydrogens (tertiary/aromatic N) is 2. The van der Waals surface area contributed by atoms with E-state index in [0.717, 1.165) is 16.6 Å². The average molecular weight is 500 g/mol. The van der Waals surface area contributed by atoms with Crippen LogP contribution in [0.15, 0.2) is 60.8 Å². The van der Waals surface area contributed by atoms with Gasteiger partial charge in [0, 0.05) is 19.3 Å². The minimum atomic E-state index is -0.433. The Labute approximate surface area is 217 Å². The first kappa shape index (κ1) is 26.3. The molecule has 2 aromatic carbocycles. The second kappa shape index (κ2) is 10.7. The van der Waals surface area contributed by atoms with E-state index in [1.54, 1.807) is 12.1 Å². The Morgan fingerprint density at radius 3 is 2.27 bits per heavy atom. The molecule has 2 N–H and O–H groups in total. The van der Waals surface area contributed by atoms with Crippen molar-refractivity contribution in [2.75, 3.05) is 11.9 Å². The molecule has 1 aliphatic rings. The topological polar surface area (TPSA) is 96.3 Å². The van der Waals surface area contributed by atoms with Gasteiger partial charge in [-0.2, -0.15) is 5.26 Å². The van der Waals surface area contributed by atoms with E-state index in [4.69, 9.17) is 9.31 Å². The predicted molar refractivity (Wildman–Crippen MR) is 141 cm³/mol. The summed E-state index contributed by atoms with van der Waals surface area (Å²) in [6.45, 7) is 8.87. The van der Waals surface area contributed by atoms with Crippen molar-refractivity contribution < 1.29 is 18.5 Å². The number of anilines is 1. The number of nitriles is 1. The van der Waals surface area contributed by atoms with Crippen LogP contribution >= 0.6 is 0 Å². The Morgan fingerprint density at radius 1 is 1.03 bits per heavy atom. The molecule has 1 aliphatic heterocycles. The van der Waals surface area contributed by atoms with E-state index >= 15 is 0 Å². The van der Waals surface area contributed by atoms with Gasteiger partial charge in [-0.05, 0) is 68.9 Å². The maximum absolute atomic E-state index is 13.1. The fraction of sp³-hybridized carbons (Fsp3) is 0.321. The van der Waals surface area contributed by atoms with Gasteiger partial charge >= 0.3 is 7.12 Å². The molecule has 4 rings (SSSR count). The fourth-order valence-electron chi connectivity index (χ4n) is 3.86. The highest BCUT2D eigenvalue weighted by molar-refractivity contribution is 6.62. The van der Waals surface area contributed by atoms with Gasteiger partial charge in [0.1, 0.15) is 17.7 Å². The highest BCUT2D eigenvalue weighted by atomic mass is 19.1. The summed E-state index contributed by atoms with van der Waals surface area (Å²) in [7, 11) is -0.433. The standard InChI is InChI=1S/C28H30BFN4O3/c1-27(2)28(3,4)37-29(36-27)22-9-5-20(6-10-22)17-33-25-24(15-21(16-31)18-34-25)26(35)32-14-13-19-7-11-23(30)12-8-19/h5-12,15,18H,13-14,17H2,1-4H3,(H,32,35)(H,33,34). The summed E-state index contributed by atoms with van der Waals surface area (Å²) in [5.41, 5.74) is 2.58. The molecule has 1 aromatic heterocycles. The third kappa shape index (κ3) is 6.16. The molecule has 1 fully saturated rings. The number of benzene rings is 2. The van der Waals surface area contributed by atoms with Crippen LogP contribution in [0.3, 0.4) is 0 Å². The number of hydrogen-bond acceptors (Lipinski definition) is 6. The van der Waals surface area contributed by atoms with Gasteiger partial charge in [-0.25, -0.2) is 9.37 Å². The largest absolute Gasteiger partial charge is 0.494 e. The molecule has 0 bridgehead atoms. The van der Waals surface area contributed by atoms with Crippen LogP contribution in [0.2, 0.25) is 0 Å². The van der Waals surface area contributed by atoms with Crippen LogP contribution in [0, 0.1) is 17.1 Å². The summed E-state index contributed by atoms with van der Waals surface area (Å²) in [5.74, 6) is -0.260. The molecule has 0 spiro atoms. The molecule has 0 aliphatic carbocycles. The van der Waals surface area contributed by atoms with Crippen molar-refractivity contribution in [1.29, 1.82) is 5.26 Å². The zero-order chi connectivity index (χ0) is 26.6. The first-order chi connectivity index (χ1) is 17.6. The van der Waals surface area contributed by atoms with Crippen molar-refractivity contribution >= 4 is 24.3 Å².